The molecule has 3 atom stereocenters. The third-order valence-electron chi connectivity index (χ3n) is 3.87. The molecule has 2 saturated heterocycles. The predicted octanol–water partition coefficient (Wildman–Crippen LogP) is -0.203. The van der Waals surface area contributed by atoms with Gasteiger partial charge in [0.05, 0.1) is 0 Å². The highest BCUT2D eigenvalue weighted by atomic mass is 16.1. The molecule has 17 heavy (non-hydrogen) atoms. The zero-order chi connectivity index (χ0) is 12.9. The summed E-state index contributed by atoms with van der Waals surface area (Å²) in [6.45, 7) is 6.20. The smallest absolute Gasteiger partial charge is 0.204 e. The van der Waals surface area contributed by atoms with Crippen LogP contribution in [-0.4, -0.2) is 36.9 Å². The Morgan fingerprint density at radius 1 is 1.53 bits per heavy atom. The zero-order valence-corrected chi connectivity index (χ0v) is 10.7. The van der Waals surface area contributed by atoms with Crippen LogP contribution in [0.1, 0.15) is 33.1 Å². The molecule has 2 aliphatic rings. The first-order valence-electron chi connectivity index (χ1n) is 6.30. The number of Topliss-reactive ketones (excluding diaryl/α,β-unsaturated/α-hetero) is 1. The maximum Gasteiger partial charge on any atom is 0.204 e. The second-order valence-corrected chi connectivity index (χ2v) is 4.75. The molecule has 0 aromatic carbocycles. The Morgan fingerprint density at radius 3 is 2.71 bits per heavy atom. The van der Waals surface area contributed by atoms with Crippen molar-refractivity contribution in [1.29, 1.82) is 0 Å². The lowest BCUT2D eigenvalue weighted by atomic mass is 9.70. The van der Waals surface area contributed by atoms with Crippen LogP contribution in [0.5, 0.6) is 0 Å². The first-order chi connectivity index (χ1) is 8.13. The number of fused-ring (bicyclic) bond motifs is 2. The number of piperidine rings is 1. The minimum atomic E-state index is 0.0486. The second kappa shape index (κ2) is 6.12. The second-order valence-electron chi connectivity index (χ2n) is 4.75. The number of carbonyl (C=O) groups is 2. The van der Waals surface area contributed by atoms with Crippen LogP contribution in [-0.2, 0) is 9.59 Å². The SMILES string of the molecule is CCC1C(=O)CC2CNCC1(CC)N2.NC=O. The van der Waals surface area contributed by atoms with E-state index in [9.17, 15) is 4.79 Å². The fourth-order valence-electron chi connectivity index (χ4n) is 3.11. The first-order valence-corrected chi connectivity index (χ1v) is 6.30. The molecular weight excluding hydrogens is 218 g/mol. The molecule has 1 amide bonds. The van der Waals surface area contributed by atoms with Crippen molar-refractivity contribution in [3.8, 4) is 0 Å². The summed E-state index contributed by atoms with van der Waals surface area (Å²) in [4.78, 5) is 20.5. The number of ketones is 1. The van der Waals surface area contributed by atoms with Crippen molar-refractivity contribution in [2.75, 3.05) is 13.1 Å². The van der Waals surface area contributed by atoms with E-state index in [1.165, 1.54) is 0 Å². The fourth-order valence-corrected chi connectivity index (χ4v) is 3.11. The Balaban J connectivity index is 0.000000437. The molecule has 2 bridgehead atoms. The summed E-state index contributed by atoms with van der Waals surface area (Å²) < 4.78 is 0. The van der Waals surface area contributed by atoms with E-state index < -0.39 is 0 Å². The number of piperazine rings is 1. The van der Waals surface area contributed by atoms with E-state index in [4.69, 9.17) is 4.79 Å². The number of hydrogen-bond acceptors (Lipinski definition) is 4. The van der Waals surface area contributed by atoms with E-state index in [-0.39, 0.29) is 17.9 Å². The van der Waals surface area contributed by atoms with Crippen molar-refractivity contribution >= 4 is 12.2 Å². The molecule has 98 valence electrons. The highest BCUT2D eigenvalue weighted by Crippen LogP contribution is 2.33. The average molecular weight is 241 g/mol. The zero-order valence-electron chi connectivity index (χ0n) is 10.7. The van der Waals surface area contributed by atoms with Gasteiger partial charge in [-0.3, -0.25) is 9.59 Å². The number of hydrogen-bond donors (Lipinski definition) is 3. The van der Waals surface area contributed by atoms with Crippen LogP contribution in [0, 0.1) is 5.92 Å². The summed E-state index contributed by atoms with van der Waals surface area (Å²) >= 11 is 0. The van der Waals surface area contributed by atoms with Crippen molar-refractivity contribution in [2.45, 2.75) is 44.7 Å². The third kappa shape index (κ3) is 2.84. The number of amides is 1. The topological polar surface area (TPSA) is 84.2 Å². The molecule has 2 aliphatic heterocycles. The molecule has 2 heterocycles. The van der Waals surface area contributed by atoms with E-state index in [2.05, 4.69) is 30.2 Å². The quantitative estimate of drug-likeness (QED) is 0.584. The lowest BCUT2D eigenvalue weighted by Crippen LogP contribution is -2.71. The van der Waals surface area contributed by atoms with Gasteiger partial charge in [0.15, 0.2) is 0 Å². The largest absolute Gasteiger partial charge is 0.372 e. The van der Waals surface area contributed by atoms with Gasteiger partial charge in [-0.1, -0.05) is 13.8 Å². The van der Waals surface area contributed by atoms with Gasteiger partial charge in [0.1, 0.15) is 5.78 Å². The summed E-state index contributed by atoms with van der Waals surface area (Å²) in [6, 6.07) is 0.374. The van der Waals surface area contributed by atoms with Gasteiger partial charge in [0.2, 0.25) is 6.41 Å². The first kappa shape index (κ1) is 14.1. The molecule has 2 rings (SSSR count). The molecular formula is C12H23N3O2. The summed E-state index contributed by atoms with van der Waals surface area (Å²) in [5.41, 5.74) is 4.22. The van der Waals surface area contributed by atoms with Crippen LogP contribution >= 0.6 is 0 Å². The predicted molar refractivity (Wildman–Crippen MR) is 66.5 cm³/mol. The lowest BCUT2D eigenvalue weighted by molar-refractivity contribution is -0.130. The summed E-state index contributed by atoms with van der Waals surface area (Å²) in [6.07, 6.45) is 2.97. The van der Waals surface area contributed by atoms with Crippen molar-refractivity contribution < 1.29 is 9.59 Å². The fraction of sp³-hybridized carbons (Fsp3) is 0.833. The molecule has 0 aliphatic carbocycles. The van der Waals surface area contributed by atoms with Crippen molar-refractivity contribution in [3.05, 3.63) is 0 Å². The van der Waals surface area contributed by atoms with Crippen molar-refractivity contribution in [3.63, 3.8) is 0 Å². The molecule has 0 saturated carbocycles. The van der Waals surface area contributed by atoms with Crippen LogP contribution < -0.4 is 16.4 Å². The van der Waals surface area contributed by atoms with E-state index in [0.717, 1.165) is 25.9 Å². The Bertz CT molecular complexity index is 283. The minimum Gasteiger partial charge on any atom is -0.372 e. The number of nitrogens with one attached hydrogen (secondary N) is 2. The molecule has 0 aromatic rings. The lowest BCUT2D eigenvalue weighted by Gasteiger charge is -2.50. The van der Waals surface area contributed by atoms with Crippen LogP contribution in [0.2, 0.25) is 0 Å². The van der Waals surface area contributed by atoms with Gasteiger partial charge in [-0.2, -0.15) is 0 Å². The molecule has 4 N–H and O–H groups in total. The molecule has 5 heteroatoms. The molecule has 0 spiro atoms. The van der Waals surface area contributed by atoms with Gasteiger partial charge >= 0.3 is 0 Å². The summed E-state index contributed by atoms with van der Waals surface area (Å²) in [7, 11) is 0. The highest BCUT2D eigenvalue weighted by molar-refractivity contribution is 5.84. The molecule has 0 radical (unpaired) electrons. The number of rotatable bonds is 2. The van der Waals surface area contributed by atoms with Gasteiger partial charge < -0.3 is 16.4 Å². The molecule has 5 nitrogen and oxygen atoms in total. The van der Waals surface area contributed by atoms with Gasteiger partial charge in [0, 0.05) is 37.0 Å². The molecule has 2 fully saturated rings. The minimum absolute atomic E-state index is 0.0486. The number of carbonyl (C=O) groups excluding carboxylic acids is 2. The Hall–Kier alpha value is -0.940. The number of nitrogens with two attached hydrogens (primary N) is 1. The van der Waals surface area contributed by atoms with Crippen LogP contribution in [0.4, 0.5) is 0 Å². The molecule has 3 unspecified atom stereocenters. The summed E-state index contributed by atoms with van der Waals surface area (Å²) in [5, 5.41) is 7.11. The maximum absolute atomic E-state index is 11.9. The molecule has 0 aromatic heterocycles. The van der Waals surface area contributed by atoms with Gasteiger partial charge in [-0.05, 0) is 12.8 Å². The monoisotopic (exact) mass is 241 g/mol. The standard InChI is InChI=1S/C11H20N2O.CH3NO/c1-3-9-10(14)5-8-6-12-7-11(9,4-2)13-8;2-1-3/h8-9,12-13H,3-7H2,1-2H3;1H,(H2,2,3). The van der Waals surface area contributed by atoms with Crippen molar-refractivity contribution in [2.24, 2.45) is 11.7 Å². The van der Waals surface area contributed by atoms with Crippen LogP contribution in [0.25, 0.3) is 0 Å². The van der Waals surface area contributed by atoms with Gasteiger partial charge in [-0.25, -0.2) is 0 Å². The van der Waals surface area contributed by atoms with Gasteiger partial charge in [0.25, 0.3) is 0 Å². The Labute approximate surface area is 103 Å². The van der Waals surface area contributed by atoms with Crippen LogP contribution in [0.3, 0.4) is 0 Å². The Kier molecular flexibility index (Phi) is 5.08. The van der Waals surface area contributed by atoms with Crippen molar-refractivity contribution in [1.82, 2.24) is 10.6 Å². The van der Waals surface area contributed by atoms with E-state index in [1.807, 2.05) is 0 Å². The van der Waals surface area contributed by atoms with E-state index >= 15 is 0 Å². The summed E-state index contributed by atoms with van der Waals surface area (Å²) in [5.74, 6) is 0.691. The normalized spacial score (nSPS) is 35.8. The third-order valence-corrected chi connectivity index (χ3v) is 3.87. The number of primary amides is 1. The maximum atomic E-state index is 11.9. The Morgan fingerprint density at radius 2 is 2.18 bits per heavy atom. The highest BCUT2D eigenvalue weighted by Gasteiger charge is 2.47. The van der Waals surface area contributed by atoms with Crippen LogP contribution in [0.15, 0.2) is 0 Å². The average Bonchev–Trinajstić information content (AvgIpc) is 2.30. The van der Waals surface area contributed by atoms with E-state index in [0.29, 0.717) is 18.2 Å². The van der Waals surface area contributed by atoms with Gasteiger partial charge in [-0.15, -0.1) is 0 Å². The van der Waals surface area contributed by atoms with E-state index in [1.54, 1.807) is 0 Å².